The zero-order valence-electron chi connectivity index (χ0n) is 17.5. The van der Waals surface area contributed by atoms with Crippen molar-refractivity contribution >= 4 is 17.7 Å². The van der Waals surface area contributed by atoms with Crippen LogP contribution in [0.2, 0.25) is 0 Å². The number of aliphatic carboxylic acids is 1. The van der Waals surface area contributed by atoms with Crippen LogP contribution in [-0.2, 0) is 10.2 Å². The van der Waals surface area contributed by atoms with E-state index >= 15 is 0 Å². The number of carbonyl (C=O) groups is 2. The minimum atomic E-state index is -0.901. The molecule has 2 fully saturated rings. The molecule has 0 spiro atoms. The summed E-state index contributed by atoms with van der Waals surface area (Å²) in [6, 6.07) is 17.9. The summed E-state index contributed by atoms with van der Waals surface area (Å²) in [5.41, 5.74) is 2.36. The van der Waals surface area contributed by atoms with Gasteiger partial charge in [-0.1, -0.05) is 48.0 Å². The lowest BCUT2D eigenvalue weighted by Crippen LogP contribution is -2.56. The zero-order valence-corrected chi connectivity index (χ0v) is 17.5. The number of carboxylic acid groups (broad SMARTS) is 1. The van der Waals surface area contributed by atoms with Gasteiger partial charge >= 0.3 is 12.0 Å². The molecule has 2 saturated heterocycles. The molecule has 0 radical (unpaired) electrons. The van der Waals surface area contributed by atoms with Crippen LogP contribution in [0, 0.1) is 6.92 Å². The van der Waals surface area contributed by atoms with Gasteiger partial charge < -0.3 is 19.8 Å². The summed E-state index contributed by atoms with van der Waals surface area (Å²) in [5.74, 6) is -0.799. The van der Waals surface area contributed by atoms with E-state index in [0.29, 0.717) is 39.0 Å². The SMILES string of the molecule is Cc1ccc(N2CCN(C(=O)N3CCC(C(=O)O)(c4ccccc4)CC3)CC2)cc1. The van der Waals surface area contributed by atoms with Crippen LogP contribution in [-0.4, -0.2) is 66.2 Å². The summed E-state index contributed by atoms with van der Waals surface area (Å²) in [7, 11) is 0. The van der Waals surface area contributed by atoms with Gasteiger partial charge in [0, 0.05) is 45.0 Å². The van der Waals surface area contributed by atoms with Crippen molar-refractivity contribution in [3.63, 3.8) is 0 Å². The van der Waals surface area contributed by atoms with Crippen molar-refractivity contribution in [3.8, 4) is 0 Å². The Balaban J connectivity index is 1.36. The number of aryl methyl sites for hydroxylation is 1. The molecule has 2 aliphatic rings. The van der Waals surface area contributed by atoms with Crippen LogP contribution in [0.4, 0.5) is 10.5 Å². The van der Waals surface area contributed by atoms with Crippen LogP contribution >= 0.6 is 0 Å². The number of rotatable bonds is 3. The van der Waals surface area contributed by atoms with Gasteiger partial charge in [-0.25, -0.2) is 4.79 Å². The van der Waals surface area contributed by atoms with E-state index in [1.165, 1.54) is 11.3 Å². The molecule has 2 aromatic rings. The Kier molecular flexibility index (Phi) is 5.66. The highest BCUT2D eigenvalue weighted by Crippen LogP contribution is 2.36. The Morgan fingerprint density at radius 1 is 0.800 bits per heavy atom. The summed E-state index contributed by atoms with van der Waals surface area (Å²) < 4.78 is 0. The fourth-order valence-corrected chi connectivity index (χ4v) is 4.57. The lowest BCUT2D eigenvalue weighted by atomic mass is 9.73. The van der Waals surface area contributed by atoms with Gasteiger partial charge in [-0.05, 0) is 37.5 Å². The maximum atomic E-state index is 13.0. The topological polar surface area (TPSA) is 64.1 Å². The second-order valence-corrected chi connectivity index (χ2v) is 8.33. The van der Waals surface area contributed by atoms with E-state index < -0.39 is 11.4 Å². The maximum absolute atomic E-state index is 13.0. The van der Waals surface area contributed by atoms with Crippen LogP contribution in [0.15, 0.2) is 54.6 Å². The van der Waals surface area contributed by atoms with Crippen LogP contribution < -0.4 is 4.90 Å². The molecule has 0 aliphatic carbocycles. The third kappa shape index (κ3) is 3.86. The van der Waals surface area contributed by atoms with E-state index in [0.717, 1.165) is 18.7 Å². The number of carbonyl (C=O) groups excluding carboxylic acids is 1. The second-order valence-electron chi connectivity index (χ2n) is 8.33. The predicted molar refractivity (Wildman–Crippen MR) is 117 cm³/mol. The number of urea groups is 1. The lowest BCUT2D eigenvalue weighted by Gasteiger charge is -2.43. The Bertz CT molecular complexity index is 882. The van der Waals surface area contributed by atoms with Crippen molar-refractivity contribution in [3.05, 3.63) is 65.7 Å². The Morgan fingerprint density at radius 2 is 1.37 bits per heavy atom. The smallest absolute Gasteiger partial charge is 0.320 e. The molecule has 0 bridgehead atoms. The fourth-order valence-electron chi connectivity index (χ4n) is 4.57. The highest BCUT2D eigenvalue weighted by Gasteiger charge is 2.44. The third-order valence-electron chi connectivity index (χ3n) is 6.57. The van der Waals surface area contributed by atoms with E-state index in [1.54, 1.807) is 0 Å². The number of piperidine rings is 1. The van der Waals surface area contributed by atoms with Crippen LogP contribution in [0.25, 0.3) is 0 Å². The first-order valence-electron chi connectivity index (χ1n) is 10.6. The van der Waals surface area contributed by atoms with Crippen molar-refractivity contribution in [2.75, 3.05) is 44.2 Å². The van der Waals surface area contributed by atoms with Gasteiger partial charge in [0.15, 0.2) is 0 Å². The Morgan fingerprint density at radius 3 is 1.93 bits per heavy atom. The average Bonchev–Trinajstić information content (AvgIpc) is 2.80. The van der Waals surface area contributed by atoms with Gasteiger partial charge in [-0.15, -0.1) is 0 Å². The monoisotopic (exact) mass is 407 g/mol. The summed E-state index contributed by atoms with van der Waals surface area (Å²) in [4.78, 5) is 31.2. The standard InChI is InChI=1S/C24H29N3O3/c1-19-7-9-21(10-8-19)25-15-17-27(18-16-25)23(30)26-13-11-24(12-14-26,22(28)29)20-5-3-2-4-6-20/h2-10H,11-18H2,1H3,(H,28,29). The molecule has 2 aromatic carbocycles. The molecular weight excluding hydrogens is 378 g/mol. The highest BCUT2D eigenvalue weighted by atomic mass is 16.4. The van der Waals surface area contributed by atoms with Crippen LogP contribution in [0.1, 0.15) is 24.0 Å². The summed E-state index contributed by atoms with van der Waals surface area (Å²) in [6.07, 6.45) is 0.892. The molecule has 6 nitrogen and oxygen atoms in total. The maximum Gasteiger partial charge on any atom is 0.320 e. The van der Waals surface area contributed by atoms with Crippen molar-refractivity contribution in [1.82, 2.24) is 9.80 Å². The minimum Gasteiger partial charge on any atom is -0.481 e. The molecular formula is C24H29N3O3. The molecule has 4 rings (SSSR count). The Hall–Kier alpha value is -3.02. The first-order valence-corrected chi connectivity index (χ1v) is 10.6. The molecule has 0 saturated carbocycles. The molecule has 0 atom stereocenters. The summed E-state index contributed by atoms with van der Waals surface area (Å²) in [6.45, 7) is 6.02. The van der Waals surface area contributed by atoms with Crippen molar-refractivity contribution in [1.29, 1.82) is 0 Å². The normalized spacial score (nSPS) is 18.9. The first kappa shape index (κ1) is 20.3. The predicted octanol–water partition coefficient (Wildman–Crippen LogP) is 3.36. The number of hydrogen-bond acceptors (Lipinski definition) is 3. The quantitative estimate of drug-likeness (QED) is 0.848. The molecule has 158 valence electrons. The molecule has 0 aromatic heterocycles. The Labute approximate surface area is 177 Å². The minimum absolute atomic E-state index is 0.0330. The second kappa shape index (κ2) is 8.38. The number of anilines is 1. The zero-order chi connectivity index (χ0) is 21.1. The van der Waals surface area contributed by atoms with Crippen LogP contribution in [0.3, 0.4) is 0 Å². The van der Waals surface area contributed by atoms with Gasteiger partial charge in [0.25, 0.3) is 0 Å². The van der Waals surface area contributed by atoms with E-state index in [-0.39, 0.29) is 6.03 Å². The molecule has 6 heteroatoms. The number of hydrogen-bond donors (Lipinski definition) is 1. The summed E-state index contributed by atoms with van der Waals surface area (Å²) in [5, 5.41) is 9.95. The van der Waals surface area contributed by atoms with Crippen LogP contribution in [0.5, 0.6) is 0 Å². The number of piperazine rings is 1. The number of amides is 2. The highest BCUT2D eigenvalue weighted by molar-refractivity contribution is 5.82. The number of likely N-dealkylation sites (tertiary alicyclic amines) is 1. The van der Waals surface area contributed by atoms with E-state index in [9.17, 15) is 14.7 Å². The number of nitrogens with zero attached hydrogens (tertiary/aromatic N) is 3. The molecule has 1 N–H and O–H groups in total. The fraction of sp³-hybridized carbons (Fsp3) is 0.417. The summed E-state index contributed by atoms with van der Waals surface area (Å²) >= 11 is 0. The molecule has 0 unspecified atom stereocenters. The average molecular weight is 408 g/mol. The largest absolute Gasteiger partial charge is 0.481 e. The van der Waals surface area contributed by atoms with Gasteiger partial charge in [0.1, 0.15) is 0 Å². The molecule has 2 amide bonds. The van der Waals surface area contributed by atoms with E-state index in [2.05, 4.69) is 36.1 Å². The van der Waals surface area contributed by atoms with Gasteiger partial charge in [0.05, 0.1) is 5.41 Å². The van der Waals surface area contributed by atoms with Crippen molar-refractivity contribution < 1.29 is 14.7 Å². The first-order chi connectivity index (χ1) is 14.5. The lowest BCUT2D eigenvalue weighted by molar-refractivity contribution is -0.145. The third-order valence-corrected chi connectivity index (χ3v) is 6.57. The van der Waals surface area contributed by atoms with E-state index in [1.807, 2.05) is 40.1 Å². The van der Waals surface area contributed by atoms with Gasteiger partial charge in [-0.2, -0.15) is 0 Å². The number of carboxylic acids is 1. The van der Waals surface area contributed by atoms with E-state index in [4.69, 9.17) is 0 Å². The number of benzene rings is 2. The van der Waals surface area contributed by atoms with Gasteiger partial charge in [0.2, 0.25) is 0 Å². The molecule has 30 heavy (non-hydrogen) atoms. The van der Waals surface area contributed by atoms with Gasteiger partial charge in [-0.3, -0.25) is 4.79 Å². The van der Waals surface area contributed by atoms with Crippen molar-refractivity contribution in [2.24, 2.45) is 0 Å². The van der Waals surface area contributed by atoms with Crippen molar-refractivity contribution in [2.45, 2.75) is 25.2 Å². The molecule has 2 aliphatic heterocycles. The molecule has 2 heterocycles.